The minimum absolute atomic E-state index is 0.219. The summed E-state index contributed by atoms with van der Waals surface area (Å²) in [6.45, 7) is 2.18. The molecule has 1 aliphatic heterocycles. The highest BCUT2D eigenvalue weighted by atomic mass is 16.5. The van der Waals surface area contributed by atoms with Crippen LogP contribution in [0.15, 0.2) is 24.3 Å². The Morgan fingerprint density at radius 3 is 2.67 bits per heavy atom. The fourth-order valence-corrected chi connectivity index (χ4v) is 2.47. The Bertz CT molecular complexity index is 576. The van der Waals surface area contributed by atoms with Crippen molar-refractivity contribution >= 4 is 11.9 Å². The van der Waals surface area contributed by atoms with Crippen LogP contribution >= 0.6 is 0 Å². The Hall–Kier alpha value is -2.39. The lowest BCUT2D eigenvalue weighted by molar-refractivity contribution is -0.173. The molecule has 1 aromatic rings. The highest BCUT2D eigenvalue weighted by Gasteiger charge is 2.41. The Kier molecular flexibility index (Phi) is 4.55. The first-order valence-electron chi connectivity index (χ1n) is 6.72. The molecule has 0 saturated carbocycles. The van der Waals surface area contributed by atoms with Gasteiger partial charge < -0.3 is 14.7 Å². The molecule has 0 spiro atoms. The molecule has 0 bridgehead atoms. The van der Waals surface area contributed by atoms with E-state index in [4.69, 9.17) is 10.00 Å². The van der Waals surface area contributed by atoms with Crippen LogP contribution in [0.5, 0.6) is 0 Å². The van der Waals surface area contributed by atoms with E-state index in [2.05, 4.69) is 0 Å². The summed E-state index contributed by atoms with van der Waals surface area (Å²) in [4.78, 5) is 25.0. The van der Waals surface area contributed by atoms with Crippen molar-refractivity contribution in [2.75, 3.05) is 13.2 Å². The number of hydrogen-bond donors (Lipinski definition) is 1. The topological polar surface area (TPSA) is 90.6 Å². The van der Waals surface area contributed by atoms with Crippen LogP contribution in [0.2, 0.25) is 0 Å². The Labute approximate surface area is 122 Å². The highest BCUT2D eigenvalue weighted by Crippen LogP contribution is 2.30. The van der Waals surface area contributed by atoms with Crippen molar-refractivity contribution in [1.29, 1.82) is 5.26 Å². The number of amides is 1. The quantitative estimate of drug-likeness (QED) is 0.902. The van der Waals surface area contributed by atoms with Gasteiger partial charge >= 0.3 is 5.97 Å². The predicted molar refractivity (Wildman–Crippen MR) is 73.3 cm³/mol. The molecule has 2 rings (SSSR count). The molecule has 1 fully saturated rings. The van der Waals surface area contributed by atoms with Crippen LogP contribution < -0.4 is 0 Å². The molecular formula is C15H16N2O4. The maximum atomic E-state index is 12.0. The van der Waals surface area contributed by atoms with E-state index in [1.54, 1.807) is 29.2 Å². The molecule has 0 aliphatic carbocycles. The Morgan fingerprint density at radius 1 is 1.48 bits per heavy atom. The van der Waals surface area contributed by atoms with Crippen LogP contribution in [0.25, 0.3) is 0 Å². The average Bonchev–Trinajstić information content (AvgIpc) is 2.49. The average molecular weight is 288 g/mol. The minimum Gasteiger partial charge on any atom is -0.479 e. The lowest BCUT2D eigenvalue weighted by atomic mass is 9.96. The van der Waals surface area contributed by atoms with Gasteiger partial charge in [-0.3, -0.25) is 4.79 Å². The first-order chi connectivity index (χ1) is 10.1. The molecule has 6 nitrogen and oxygen atoms in total. The molecule has 1 aromatic carbocycles. The number of nitriles is 1. The second-order valence-corrected chi connectivity index (χ2v) is 4.84. The molecule has 0 aromatic heterocycles. The number of carboxylic acid groups (broad SMARTS) is 1. The molecule has 1 saturated heterocycles. The molecule has 1 aliphatic rings. The van der Waals surface area contributed by atoms with Gasteiger partial charge in [0.2, 0.25) is 5.91 Å². The lowest BCUT2D eigenvalue weighted by Crippen LogP contribution is -2.52. The van der Waals surface area contributed by atoms with Crippen molar-refractivity contribution in [3.8, 4) is 6.07 Å². The Balaban J connectivity index is 2.40. The van der Waals surface area contributed by atoms with Crippen LogP contribution in [0, 0.1) is 11.3 Å². The first kappa shape index (κ1) is 15.0. The summed E-state index contributed by atoms with van der Waals surface area (Å²) in [5.74, 6) is -1.32. The number of aliphatic carboxylic acids is 1. The summed E-state index contributed by atoms with van der Waals surface area (Å²) in [5, 5.41) is 18.2. The van der Waals surface area contributed by atoms with Crippen LogP contribution in [0.3, 0.4) is 0 Å². The van der Waals surface area contributed by atoms with E-state index in [1.165, 1.54) is 0 Å². The molecule has 1 N–H and O–H groups in total. The van der Waals surface area contributed by atoms with Crippen molar-refractivity contribution in [2.45, 2.75) is 25.5 Å². The van der Waals surface area contributed by atoms with Gasteiger partial charge in [-0.15, -0.1) is 0 Å². The number of carboxylic acids is 1. The number of morpholine rings is 1. The van der Waals surface area contributed by atoms with Gasteiger partial charge in [-0.1, -0.05) is 19.1 Å². The van der Waals surface area contributed by atoms with Crippen LogP contribution in [-0.2, 0) is 14.3 Å². The maximum Gasteiger partial charge on any atom is 0.335 e. The Morgan fingerprint density at radius 2 is 2.14 bits per heavy atom. The van der Waals surface area contributed by atoms with E-state index in [9.17, 15) is 14.7 Å². The van der Waals surface area contributed by atoms with Gasteiger partial charge in [-0.05, 0) is 24.1 Å². The smallest absolute Gasteiger partial charge is 0.335 e. The molecule has 1 amide bonds. The summed E-state index contributed by atoms with van der Waals surface area (Å²) in [6.07, 6.45) is -0.368. The van der Waals surface area contributed by atoms with Gasteiger partial charge in [0, 0.05) is 6.54 Å². The number of hydrogen-bond acceptors (Lipinski definition) is 4. The fraction of sp³-hybridized carbons (Fsp3) is 0.400. The zero-order valence-electron chi connectivity index (χ0n) is 11.7. The van der Waals surface area contributed by atoms with Crippen LogP contribution in [0.4, 0.5) is 0 Å². The lowest BCUT2D eigenvalue weighted by Gasteiger charge is -2.39. The normalized spacial score (nSPS) is 21.9. The third kappa shape index (κ3) is 3.03. The van der Waals surface area contributed by atoms with Crippen molar-refractivity contribution in [1.82, 2.24) is 4.90 Å². The van der Waals surface area contributed by atoms with Crippen LogP contribution in [0.1, 0.15) is 30.5 Å². The standard InChI is InChI=1S/C15H16N2O4/c1-2-7-17-12(18)9-21-14(15(19)20)13(17)11-5-3-10(8-16)4-6-11/h3-6,13-14H,2,7,9H2,1H3,(H,19,20). The SMILES string of the molecule is CCCN1C(=O)COC(C(=O)O)C1c1ccc(C#N)cc1. The van der Waals surface area contributed by atoms with E-state index in [0.29, 0.717) is 17.7 Å². The van der Waals surface area contributed by atoms with Crippen molar-refractivity contribution in [3.05, 3.63) is 35.4 Å². The van der Waals surface area contributed by atoms with E-state index in [-0.39, 0.29) is 12.5 Å². The van der Waals surface area contributed by atoms with E-state index in [0.717, 1.165) is 6.42 Å². The second kappa shape index (κ2) is 6.37. The molecule has 2 unspecified atom stereocenters. The minimum atomic E-state index is -1.10. The van der Waals surface area contributed by atoms with Crippen LogP contribution in [-0.4, -0.2) is 41.1 Å². The number of rotatable bonds is 4. The number of carbonyl (C=O) groups is 2. The molecule has 2 atom stereocenters. The van der Waals surface area contributed by atoms with Gasteiger partial charge in [-0.2, -0.15) is 5.26 Å². The fourth-order valence-electron chi connectivity index (χ4n) is 2.47. The molecule has 6 heteroatoms. The zero-order valence-corrected chi connectivity index (χ0v) is 11.7. The van der Waals surface area contributed by atoms with Gasteiger partial charge in [0.1, 0.15) is 6.61 Å². The van der Waals surface area contributed by atoms with Gasteiger partial charge in [-0.25, -0.2) is 4.79 Å². The van der Waals surface area contributed by atoms with Gasteiger partial charge in [0.05, 0.1) is 17.7 Å². The molecule has 0 radical (unpaired) electrons. The van der Waals surface area contributed by atoms with Crippen molar-refractivity contribution in [3.63, 3.8) is 0 Å². The van der Waals surface area contributed by atoms with Gasteiger partial charge in [0.25, 0.3) is 0 Å². The maximum absolute atomic E-state index is 12.0. The summed E-state index contributed by atoms with van der Waals surface area (Å²) in [5.41, 5.74) is 1.14. The zero-order chi connectivity index (χ0) is 15.4. The van der Waals surface area contributed by atoms with E-state index < -0.39 is 18.1 Å². The third-order valence-corrected chi connectivity index (χ3v) is 3.42. The summed E-state index contributed by atoms with van der Waals surface area (Å²) < 4.78 is 5.20. The number of carbonyl (C=O) groups excluding carboxylic acids is 1. The first-order valence-corrected chi connectivity index (χ1v) is 6.72. The van der Waals surface area contributed by atoms with E-state index >= 15 is 0 Å². The predicted octanol–water partition coefficient (Wildman–Crippen LogP) is 1.32. The molecule has 110 valence electrons. The van der Waals surface area contributed by atoms with E-state index in [1.807, 2.05) is 13.0 Å². The number of benzene rings is 1. The number of nitrogens with zero attached hydrogens (tertiary/aromatic N) is 2. The van der Waals surface area contributed by atoms with Crippen molar-refractivity contribution < 1.29 is 19.4 Å². The van der Waals surface area contributed by atoms with Gasteiger partial charge in [0.15, 0.2) is 6.10 Å². The molecule has 21 heavy (non-hydrogen) atoms. The highest BCUT2D eigenvalue weighted by molar-refractivity contribution is 5.83. The molecular weight excluding hydrogens is 272 g/mol. The molecule has 1 heterocycles. The third-order valence-electron chi connectivity index (χ3n) is 3.42. The summed E-state index contributed by atoms with van der Waals surface area (Å²) >= 11 is 0. The second-order valence-electron chi connectivity index (χ2n) is 4.84. The van der Waals surface area contributed by atoms with Crippen molar-refractivity contribution in [2.24, 2.45) is 0 Å². The largest absolute Gasteiger partial charge is 0.479 e. The summed E-state index contributed by atoms with van der Waals surface area (Å²) in [7, 11) is 0. The monoisotopic (exact) mass is 288 g/mol. The number of ether oxygens (including phenoxy) is 1. The summed E-state index contributed by atoms with van der Waals surface area (Å²) in [6, 6.07) is 7.90.